The van der Waals surface area contributed by atoms with Crippen LogP contribution in [-0.2, 0) is 14.3 Å². The second-order valence-corrected chi connectivity index (χ2v) is 7.09. The summed E-state index contributed by atoms with van der Waals surface area (Å²) in [5.41, 5.74) is -0.208. The molecule has 148 valence electrons. The molecule has 7 nitrogen and oxygen atoms in total. The minimum atomic E-state index is -1.09. The van der Waals surface area contributed by atoms with Crippen LogP contribution in [0, 0.1) is 11.7 Å². The number of rotatable bonds is 7. The van der Waals surface area contributed by atoms with Crippen molar-refractivity contribution in [3.8, 4) is 0 Å². The van der Waals surface area contributed by atoms with E-state index in [0.29, 0.717) is 4.88 Å². The molecule has 1 aromatic heterocycles. The zero-order chi connectivity index (χ0) is 20.7. The lowest BCUT2D eigenvalue weighted by Crippen LogP contribution is -2.46. The maximum Gasteiger partial charge on any atom is 0.329 e. The lowest BCUT2D eigenvalue weighted by atomic mass is 10.0. The first-order valence-corrected chi connectivity index (χ1v) is 9.27. The third kappa shape index (κ3) is 5.71. The fourth-order valence-corrected chi connectivity index (χ4v) is 2.84. The molecule has 0 fully saturated rings. The molecule has 0 saturated carbocycles. The first-order chi connectivity index (χ1) is 13.3. The number of nitrogens with one attached hydrogen (secondary N) is 2. The van der Waals surface area contributed by atoms with Gasteiger partial charge in [-0.2, -0.15) is 0 Å². The van der Waals surface area contributed by atoms with Crippen LogP contribution in [0.15, 0.2) is 41.8 Å². The Hall–Kier alpha value is -3.07. The Morgan fingerprint density at radius 3 is 2.39 bits per heavy atom. The van der Waals surface area contributed by atoms with Gasteiger partial charge in [-0.1, -0.05) is 32.0 Å². The summed E-state index contributed by atoms with van der Waals surface area (Å²) < 4.78 is 18.6. The van der Waals surface area contributed by atoms with Crippen LogP contribution in [0.2, 0.25) is 0 Å². The molecule has 2 N–H and O–H groups in total. The standard InChI is InChI=1S/C19H19FN2O5S/c1-11(2)16(22-17(24)12-6-3-4-7-13(12)20)19(26)27-10-15(23)21-18(25)14-8-5-9-28-14/h3-9,11,16H,10H2,1-2H3,(H,22,24)(H,21,23,25)/t16-/m0/s1. The Labute approximate surface area is 164 Å². The maximum atomic E-state index is 13.7. The number of thiophene rings is 1. The highest BCUT2D eigenvalue weighted by Crippen LogP contribution is 2.10. The van der Waals surface area contributed by atoms with Gasteiger partial charge in [-0.25, -0.2) is 9.18 Å². The number of halogens is 1. The van der Waals surface area contributed by atoms with Crippen LogP contribution in [0.25, 0.3) is 0 Å². The van der Waals surface area contributed by atoms with Crippen molar-refractivity contribution in [3.63, 3.8) is 0 Å². The predicted molar refractivity (Wildman–Crippen MR) is 100 cm³/mol. The van der Waals surface area contributed by atoms with E-state index in [1.807, 2.05) is 0 Å². The SMILES string of the molecule is CC(C)[C@H](NC(=O)c1ccccc1F)C(=O)OCC(=O)NC(=O)c1cccs1. The highest BCUT2D eigenvalue weighted by molar-refractivity contribution is 7.12. The summed E-state index contributed by atoms with van der Waals surface area (Å²) in [7, 11) is 0. The van der Waals surface area contributed by atoms with Gasteiger partial charge in [0.1, 0.15) is 11.9 Å². The molecule has 1 aromatic carbocycles. The molecule has 0 bridgehead atoms. The summed E-state index contributed by atoms with van der Waals surface area (Å²) in [6, 6.07) is 7.48. The van der Waals surface area contributed by atoms with Crippen molar-refractivity contribution < 1.29 is 28.3 Å². The van der Waals surface area contributed by atoms with E-state index in [4.69, 9.17) is 4.74 Å². The number of esters is 1. The van der Waals surface area contributed by atoms with Crippen molar-refractivity contribution in [2.45, 2.75) is 19.9 Å². The molecule has 0 saturated heterocycles. The van der Waals surface area contributed by atoms with Gasteiger partial charge >= 0.3 is 5.97 Å². The van der Waals surface area contributed by atoms with Gasteiger partial charge in [0.25, 0.3) is 17.7 Å². The largest absolute Gasteiger partial charge is 0.454 e. The summed E-state index contributed by atoms with van der Waals surface area (Å²) in [4.78, 5) is 48.4. The van der Waals surface area contributed by atoms with E-state index < -0.39 is 42.2 Å². The highest BCUT2D eigenvalue weighted by atomic mass is 32.1. The number of carbonyl (C=O) groups excluding carboxylic acids is 4. The molecular formula is C19H19FN2O5S. The fourth-order valence-electron chi connectivity index (χ4n) is 2.22. The third-order valence-electron chi connectivity index (χ3n) is 3.67. The van der Waals surface area contributed by atoms with Crippen LogP contribution < -0.4 is 10.6 Å². The van der Waals surface area contributed by atoms with Crippen molar-refractivity contribution in [2.24, 2.45) is 5.92 Å². The summed E-state index contributed by atoms with van der Waals surface area (Å²) in [5.74, 6) is -4.12. The molecule has 0 unspecified atom stereocenters. The molecule has 3 amide bonds. The van der Waals surface area contributed by atoms with Crippen molar-refractivity contribution in [2.75, 3.05) is 6.61 Å². The van der Waals surface area contributed by atoms with Gasteiger partial charge in [-0.05, 0) is 29.5 Å². The van der Waals surface area contributed by atoms with Gasteiger partial charge in [0.2, 0.25) is 0 Å². The summed E-state index contributed by atoms with van der Waals surface area (Å²) in [5, 5.41) is 6.19. The Bertz CT molecular complexity index is 867. The topological polar surface area (TPSA) is 102 Å². The van der Waals surface area contributed by atoms with E-state index >= 15 is 0 Å². The van der Waals surface area contributed by atoms with E-state index in [2.05, 4.69) is 10.6 Å². The monoisotopic (exact) mass is 406 g/mol. The van der Waals surface area contributed by atoms with Crippen LogP contribution in [0.5, 0.6) is 0 Å². The first-order valence-electron chi connectivity index (χ1n) is 8.39. The Balaban J connectivity index is 1.92. The predicted octanol–water partition coefficient (Wildman–Crippen LogP) is 2.14. The number of amides is 3. The van der Waals surface area contributed by atoms with Gasteiger partial charge in [-0.15, -0.1) is 11.3 Å². The number of imide groups is 1. The minimum absolute atomic E-state index is 0.208. The Kier molecular flexibility index (Phi) is 7.39. The van der Waals surface area contributed by atoms with Crippen LogP contribution >= 0.6 is 11.3 Å². The molecule has 1 heterocycles. The zero-order valence-electron chi connectivity index (χ0n) is 15.2. The van der Waals surface area contributed by atoms with Gasteiger partial charge in [-0.3, -0.25) is 19.7 Å². The van der Waals surface area contributed by atoms with Crippen molar-refractivity contribution in [3.05, 3.63) is 58.0 Å². The average molecular weight is 406 g/mol. The van der Waals surface area contributed by atoms with Crippen LogP contribution in [0.3, 0.4) is 0 Å². The van der Waals surface area contributed by atoms with Crippen LogP contribution in [0.4, 0.5) is 4.39 Å². The molecule has 0 aliphatic heterocycles. The van der Waals surface area contributed by atoms with E-state index in [-0.39, 0.29) is 11.5 Å². The molecule has 9 heteroatoms. The molecule has 28 heavy (non-hydrogen) atoms. The van der Waals surface area contributed by atoms with Gasteiger partial charge < -0.3 is 10.1 Å². The summed E-state index contributed by atoms with van der Waals surface area (Å²) >= 11 is 1.16. The number of hydrogen-bond donors (Lipinski definition) is 2. The lowest BCUT2D eigenvalue weighted by Gasteiger charge is -2.20. The maximum absolute atomic E-state index is 13.7. The second-order valence-electron chi connectivity index (χ2n) is 6.14. The number of benzene rings is 1. The zero-order valence-corrected chi connectivity index (χ0v) is 16.0. The van der Waals surface area contributed by atoms with Gasteiger partial charge in [0.05, 0.1) is 10.4 Å². The van der Waals surface area contributed by atoms with E-state index in [1.165, 1.54) is 18.2 Å². The first kappa shape index (κ1) is 21.2. The smallest absolute Gasteiger partial charge is 0.329 e. The number of carbonyl (C=O) groups is 4. The second kappa shape index (κ2) is 9.75. The number of hydrogen-bond acceptors (Lipinski definition) is 6. The van der Waals surface area contributed by atoms with Crippen LogP contribution in [0.1, 0.15) is 33.9 Å². The molecule has 0 spiro atoms. The summed E-state index contributed by atoms with van der Waals surface area (Å²) in [6.45, 7) is 2.64. The Morgan fingerprint density at radius 1 is 1.07 bits per heavy atom. The molecular weight excluding hydrogens is 387 g/mol. The number of ether oxygens (including phenoxy) is 1. The van der Waals surface area contributed by atoms with Crippen molar-refractivity contribution in [1.29, 1.82) is 0 Å². The molecule has 0 aliphatic carbocycles. The van der Waals surface area contributed by atoms with E-state index in [9.17, 15) is 23.6 Å². The van der Waals surface area contributed by atoms with E-state index in [0.717, 1.165) is 17.4 Å². The highest BCUT2D eigenvalue weighted by Gasteiger charge is 2.27. The molecule has 2 aromatic rings. The minimum Gasteiger partial charge on any atom is -0.454 e. The normalized spacial score (nSPS) is 11.6. The Morgan fingerprint density at radius 2 is 1.79 bits per heavy atom. The fraction of sp³-hybridized carbons (Fsp3) is 0.263. The van der Waals surface area contributed by atoms with Gasteiger partial charge in [0.15, 0.2) is 6.61 Å². The van der Waals surface area contributed by atoms with Gasteiger partial charge in [0, 0.05) is 0 Å². The quantitative estimate of drug-likeness (QED) is 0.686. The van der Waals surface area contributed by atoms with E-state index in [1.54, 1.807) is 31.4 Å². The lowest BCUT2D eigenvalue weighted by molar-refractivity contribution is -0.151. The molecule has 1 atom stereocenters. The average Bonchev–Trinajstić information content (AvgIpc) is 3.19. The molecule has 0 radical (unpaired) electrons. The molecule has 0 aliphatic rings. The molecule has 2 rings (SSSR count). The van der Waals surface area contributed by atoms with Crippen molar-refractivity contribution in [1.82, 2.24) is 10.6 Å². The summed E-state index contributed by atoms with van der Waals surface area (Å²) in [6.07, 6.45) is 0. The third-order valence-corrected chi connectivity index (χ3v) is 4.54. The van der Waals surface area contributed by atoms with Crippen LogP contribution in [-0.4, -0.2) is 36.3 Å². The van der Waals surface area contributed by atoms with Crippen molar-refractivity contribution >= 4 is 35.0 Å².